The molecule has 0 aromatic heterocycles. The Kier molecular flexibility index (Phi) is 4.16. The highest BCUT2D eigenvalue weighted by Crippen LogP contribution is 2.21. The fourth-order valence-corrected chi connectivity index (χ4v) is 2.02. The van der Waals surface area contributed by atoms with Gasteiger partial charge in [-0.3, -0.25) is 15.0 Å². The maximum atomic E-state index is 11.6. The molecule has 1 rings (SSSR count). The molecule has 0 unspecified atom stereocenters. The van der Waals surface area contributed by atoms with Crippen LogP contribution in [-0.2, 0) is 14.9 Å². The zero-order valence-corrected chi connectivity index (χ0v) is 10.2. The number of nitro benzene ring substituents is 1. The van der Waals surface area contributed by atoms with Crippen molar-refractivity contribution in [2.24, 2.45) is 0 Å². The molecule has 94 valence electrons. The van der Waals surface area contributed by atoms with Crippen molar-refractivity contribution in [3.8, 4) is 0 Å². The summed E-state index contributed by atoms with van der Waals surface area (Å²) in [6, 6.07) is 3.65. The first kappa shape index (κ1) is 13.6. The molecule has 17 heavy (non-hydrogen) atoms. The van der Waals surface area contributed by atoms with E-state index >= 15 is 0 Å². The van der Waals surface area contributed by atoms with E-state index in [0.717, 1.165) is 6.07 Å². The highest BCUT2D eigenvalue weighted by Gasteiger charge is 2.19. The molecular formula is C9H12N2O5S. The smallest absolute Gasteiger partial charge is 0.273 e. The molecule has 0 spiro atoms. The van der Waals surface area contributed by atoms with Crippen LogP contribution in [0.2, 0.25) is 0 Å². The quantitative estimate of drug-likeness (QED) is 0.632. The zero-order valence-electron chi connectivity index (χ0n) is 9.34. The molecule has 0 atom stereocenters. The number of nitrogens with one attached hydrogen (secondary N) is 1. The van der Waals surface area contributed by atoms with E-state index in [4.69, 9.17) is 0 Å². The van der Waals surface area contributed by atoms with Crippen LogP contribution in [0, 0.1) is 17.0 Å². The maximum absolute atomic E-state index is 11.6. The number of hydrogen-bond donors (Lipinski definition) is 1. The van der Waals surface area contributed by atoms with Crippen LogP contribution in [0.1, 0.15) is 12.5 Å². The number of benzene rings is 1. The second kappa shape index (κ2) is 5.21. The number of aryl methyl sites for hydroxylation is 1. The average molecular weight is 260 g/mol. The SMILES string of the molecule is CCONS(=O)(=O)c1ccc(C)c([N+](=O)[O-])c1. The fraction of sp³-hybridized carbons (Fsp3) is 0.333. The highest BCUT2D eigenvalue weighted by atomic mass is 32.2. The van der Waals surface area contributed by atoms with E-state index in [1.807, 2.05) is 4.89 Å². The van der Waals surface area contributed by atoms with E-state index in [-0.39, 0.29) is 17.2 Å². The van der Waals surface area contributed by atoms with Crippen molar-refractivity contribution in [2.45, 2.75) is 18.7 Å². The van der Waals surface area contributed by atoms with E-state index in [0.29, 0.717) is 5.56 Å². The molecule has 0 bridgehead atoms. The molecule has 0 saturated heterocycles. The third kappa shape index (κ3) is 3.22. The van der Waals surface area contributed by atoms with E-state index in [2.05, 4.69) is 4.84 Å². The predicted molar refractivity (Wildman–Crippen MR) is 59.8 cm³/mol. The standard InChI is InChI=1S/C9H12N2O5S/c1-3-16-10-17(14,15)8-5-4-7(2)9(6-8)11(12)13/h4-6,10H,3H2,1-2H3. The topological polar surface area (TPSA) is 98.5 Å². The number of rotatable bonds is 5. The van der Waals surface area contributed by atoms with Gasteiger partial charge < -0.3 is 0 Å². The van der Waals surface area contributed by atoms with E-state index in [1.165, 1.54) is 19.1 Å². The van der Waals surface area contributed by atoms with Gasteiger partial charge in [0.15, 0.2) is 0 Å². The Balaban J connectivity index is 3.16. The number of nitrogens with zero attached hydrogens (tertiary/aromatic N) is 1. The molecule has 0 radical (unpaired) electrons. The van der Waals surface area contributed by atoms with E-state index in [9.17, 15) is 18.5 Å². The monoisotopic (exact) mass is 260 g/mol. The highest BCUT2D eigenvalue weighted by molar-refractivity contribution is 7.89. The van der Waals surface area contributed by atoms with Gasteiger partial charge in [-0.1, -0.05) is 11.0 Å². The molecule has 1 aromatic carbocycles. The van der Waals surface area contributed by atoms with Crippen LogP contribution in [0.3, 0.4) is 0 Å². The number of sulfonamides is 1. The second-order valence-electron chi connectivity index (χ2n) is 3.23. The summed E-state index contributed by atoms with van der Waals surface area (Å²) < 4.78 is 23.2. The normalized spacial score (nSPS) is 11.4. The third-order valence-electron chi connectivity index (χ3n) is 2.00. The molecule has 8 heteroatoms. The van der Waals surface area contributed by atoms with Crippen LogP contribution in [0.25, 0.3) is 0 Å². The van der Waals surface area contributed by atoms with Gasteiger partial charge in [0.25, 0.3) is 15.7 Å². The lowest BCUT2D eigenvalue weighted by atomic mass is 10.2. The van der Waals surface area contributed by atoms with Crippen LogP contribution in [0.4, 0.5) is 5.69 Å². The first-order chi connectivity index (χ1) is 7.88. The van der Waals surface area contributed by atoms with Crippen molar-refractivity contribution in [1.82, 2.24) is 4.89 Å². The van der Waals surface area contributed by atoms with Crippen molar-refractivity contribution in [3.05, 3.63) is 33.9 Å². The van der Waals surface area contributed by atoms with Gasteiger partial charge in [-0.05, 0) is 19.9 Å². The van der Waals surface area contributed by atoms with Gasteiger partial charge in [0.2, 0.25) is 0 Å². The summed E-state index contributed by atoms with van der Waals surface area (Å²) in [7, 11) is -3.87. The van der Waals surface area contributed by atoms with Gasteiger partial charge in [0.05, 0.1) is 16.4 Å². The lowest BCUT2D eigenvalue weighted by Gasteiger charge is -2.06. The van der Waals surface area contributed by atoms with E-state index < -0.39 is 14.9 Å². The Hall–Kier alpha value is -1.51. The van der Waals surface area contributed by atoms with Gasteiger partial charge in [-0.2, -0.15) is 0 Å². The molecule has 0 aliphatic carbocycles. The van der Waals surface area contributed by atoms with Gasteiger partial charge >= 0.3 is 0 Å². The summed E-state index contributed by atoms with van der Waals surface area (Å²) in [5.74, 6) is 0. The third-order valence-corrected chi connectivity index (χ3v) is 3.21. The van der Waals surface area contributed by atoms with Crippen LogP contribution in [0.5, 0.6) is 0 Å². The molecule has 1 aromatic rings. The average Bonchev–Trinajstić information content (AvgIpc) is 2.26. The Bertz CT molecular complexity index is 526. The minimum Gasteiger partial charge on any atom is -0.287 e. The molecule has 0 aliphatic heterocycles. The molecule has 0 aliphatic rings. The summed E-state index contributed by atoms with van der Waals surface area (Å²) in [6.45, 7) is 3.30. The molecule has 0 amide bonds. The first-order valence-corrected chi connectivity index (χ1v) is 6.25. The van der Waals surface area contributed by atoms with Crippen LogP contribution in [0.15, 0.2) is 23.1 Å². The van der Waals surface area contributed by atoms with Crippen LogP contribution in [-0.4, -0.2) is 19.9 Å². The van der Waals surface area contributed by atoms with Crippen LogP contribution < -0.4 is 4.89 Å². The molecule has 0 heterocycles. The largest absolute Gasteiger partial charge is 0.287 e. The Morgan fingerprint density at radius 1 is 1.47 bits per heavy atom. The number of nitro groups is 1. The lowest BCUT2D eigenvalue weighted by Crippen LogP contribution is -2.24. The Morgan fingerprint density at radius 2 is 2.12 bits per heavy atom. The summed E-state index contributed by atoms with van der Waals surface area (Å²) in [5, 5.41) is 10.7. The fourth-order valence-electron chi connectivity index (χ4n) is 1.14. The summed E-state index contributed by atoms with van der Waals surface area (Å²) in [5.41, 5.74) is 0.148. The first-order valence-electron chi connectivity index (χ1n) is 4.77. The molecule has 1 N–H and O–H groups in total. The lowest BCUT2D eigenvalue weighted by molar-refractivity contribution is -0.385. The van der Waals surface area contributed by atoms with Crippen molar-refractivity contribution in [1.29, 1.82) is 0 Å². The summed E-state index contributed by atoms with van der Waals surface area (Å²) in [6.07, 6.45) is 0. The van der Waals surface area contributed by atoms with Gasteiger partial charge in [0.1, 0.15) is 0 Å². The van der Waals surface area contributed by atoms with Crippen molar-refractivity contribution >= 4 is 15.7 Å². The summed E-state index contributed by atoms with van der Waals surface area (Å²) in [4.78, 5) is 16.3. The molecule has 0 fully saturated rings. The van der Waals surface area contributed by atoms with Gasteiger partial charge in [-0.15, -0.1) is 0 Å². The predicted octanol–water partition coefficient (Wildman–Crippen LogP) is 1.13. The van der Waals surface area contributed by atoms with Crippen molar-refractivity contribution in [2.75, 3.05) is 6.61 Å². The molecule has 7 nitrogen and oxygen atoms in total. The van der Waals surface area contributed by atoms with Crippen molar-refractivity contribution < 1.29 is 18.2 Å². The maximum Gasteiger partial charge on any atom is 0.273 e. The van der Waals surface area contributed by atoms with Crippen molar-refractivity contribution in [3.63, 3.8) is 0 Å². The Morgan fingerprint density at radius 3 is 2.65 bits per heavy atom. The number of hydrogen-bond acceptors (Lipinski definition) is 5. The molecular weight excluding hydrogens is 248 g/mol. The van der Waals surface area contributed by atoms with Crippen LogP contribution >= 0.6 is 0 Å². The minimum absolute atomic E-state index is 0.160. The van der Waals surface area contributed by atoms with Gasteiger partial charge in [0, 0.05) is 11.6 Å². The summed E-state index contributed by atoms with van der Waals surface area (Å²) >= 11 is 0. The van der Waals surface area contributed by atoms with Gasteiger partial charge in [-0.25, -0.2) is 8.42 Å². The van der Waals surface area contributed by atoms with E-state index in [1.54, 1.807) is 6.92 Å². The zero-order chi connectivity index (χ0) is 13.1. The Labute approximate surface area is 98.6 Å². The minimum atomic E-state index is -3.87. The second-order valence-corrected chi connectivity index (χ2v) is 4.87. The molecule has 0 saturated carbocycles.